The molecule has 0 saturated carbocycles. The molecule has 0 bridgehead atoms. The summed E-state index contributed by atoms with van der Waals surface area (Å²) in [7, 11) is 1.34. The molecule has 0 fully saturated rings. The summed E-state index contributed by atoms with van der Waals surface area (Å²) in [4.78, 5) is 11.0. The second-order valence-electron chi connectivity index (χ2n) is 2.97. The van der Waals surface area contributed by atoms with E-state index < -0.39 is 0 Å². The van der Waals surface area contributed by atoms with Gasteiger partial charge >= 0.3 is 5.97 Å². The molecular weight excluding hydrogens is 223 g/mol. The highest BCUT2D eigenvalue weighted by molar-refractivity contribution is 6.42. The summed E-state index contributed by atoms with van der Waals surface area (Å²) in [5, 5.41) is 0.883. The van der Waals surface area contributed by atoms with Gasteiger partial charge in [-0.1, -0.05) is 29.3 Å². The van der Waals surface area contributed by atoms with Crippen molar-refractivity contribution in [3.63, 3.8) is 0 Å². The fraction of sp³-hybridized carbons (Fsp3) is 0.300. The minimum atomic E-state index is -0.325. The van der Waals surface area contributed by atoms with E-state index in [1.54, 1.807) is 6.07 Å². The second kappa shape index (κ2) is 4.67. The zero-order valence-corrected chi connectivity index (χ0v) is 9.45. The Labute approximate surface area is 92.8 Å². The first kappa shape index (κ1) is 11.3. The Balaban J connectivity index is 3.02. The molecule has 76 valence electrons. The Bertz CT molecular complexity index is 361. The fourth-order valence-corrected chi connectivity index (χ4v) is 1.62. The van der Waals surface area contributed by atoms with Gasteiger partial charge in [0, 0.05) is 0 Å². The normalized spacial score (nSPS) is 10.0. The van der Waals surface area contributed by atoms with Gasteiger partial charge in [0.2, 0.25) is 0 Å². The number of carbonyl (C=O) groups excluding carboxylic acids is 1. The minimum absolute atomic E-state index is 0.150. The summed E-state index contributed by atoms with van der Waals surface area (Å²) in [5.74, 6) is -0.325. The summed E-state index contributed by atoms with van der Waals surface area (Å²) in [6.07, 6.45) is 0.150. The van der Waals surface area contributed by atoms with Crippen molar-refractivity contribution >= 4 is 29.2 Å². The molecule has 0 aliphatic rings. The molecule has 0 aliphatic carbocycles. The van der Waals surface area contributed by atoms with Gasteiger partial charge in [-0.15, -0.1) is 0 Å². The van der Waals surface area contributed by atoms with Crippen LogP contribution in [0.2, 0.25) is 10.0 Å². The maximum absolute atomic E-state index is 11.0. The largest absolute Gasteiger partial charge is 0.469 e. The van der Waals surface area contributed by atoms with Gasteiger partial charge in [0.15, 0.2) is 0 Å². The molecule has 4 heteroatoms. The SMILES string of the molecule is COC(=O)Cc1cc(C)cc(Cl)c1Cl. The molecule has 0 amide bonds. The van der Waals surface area contributed by atoms with E-state index in [0.717, 1.165) is 5.56 Å². The van der Waals surface area contributed by atoms with E-state index in [-0.39, 0.29) is 12.4 Å². The number of aryl methyl sites for hydroxylation is 1. The van der Waals surface area contributed by atoms with Crippen molar-refractivity contribution in [2.24, 2.45) is 0 Å². The topological polar surface area (TPSA) is 26.3 Å². The van der Waals surface area contributed by atoms with Crippen molar-refractivity contribution in [3.05, 3.63) is 33.3 Å². The highest BCUT2D eigenvalue weighted by Gasteiger charge is 2.10. The number of carbonyl (C=O) groups is 1. The molecule has 0 radical (unpaired) electrons. The number of methoxy groups -OCH3 is 1. The molecule has 0 spiro atoms. The van der Waals surface area contributed by atoms with Gasteiger partial charge in [0.25, 0.3) is 0 Å². The number of esters is 1. The highest BCUT2D eigenvalue weighted by Crippen LogP contribution is 2.27. The van der Waals surface area contributed by atoms with E-state index >= 15 is 0 Å². The van der Waals surface area contributed by atoms with Gasteiger partial charge in [-0.3, -0.25) is 4.79 Å². The minimum Gasteiger partial charge on any atom is -0.469 e. The molecule has 1 aromatic carbocycles. The first-order valence-corrected chi connectivity index (χ1v) is 4.81. The average Bonchev–Trinajstić information content (AvgIpc) is 2.13. The molecular formula is C10H10Cl2O2. The smallest absolute Gasteiger partial charge is 0.310 e. The van der Waals surface area contributed by atoms with E-state index in [2.05, 4.69) is 4.74 Å². The van der Waals surface area contributed by atoms with Crippen LogP contribution in [-0.2, 0) is 16.0 Å². The summed E-state index contributed by atoms with van der Waals surface area (Å²) < 4.78 is 4.55. The van der Waals surface area contributed by atoms with Gasteiger partial charge in [-0.25, -0.2) is 0 Å². The lowest BCUT2D eigenvalue weighted by Crippen LogP contribution is -2.05. The van der Waals surface area contributed by atoms with Gasteiger partial charge in [-0.2, -0.15) is 0 Å². The van der Waals surface area contributed by atoms with Crippen LogP contribution in [0.25, 0.3) is 0 Å². The number of rotatable bonds is 2. The van der Waals surface area contributed by atoms with Crippen LogP contribution in [-0.4, -0.2) is 13.1 Å². The van der Waals surface area contributed by atoms with E-state index in [1.165, 1.54) is 7.11 Å². The predicted octanol–water partition coefficient (Wildman–Crippen LogP) is 3.02. The van der Waals surface area contributed by atoms with Crippen LogP contribution < -0.4 is 0 Å². The predicted molar refractivity (Wildman–Crippen MR) is 56.9 cm³/mol. The number of ether oxygens (including phenoxy) is 1. The van der Waals surface area contributed by atoms with Crippen LogP contribution >= 0.6 is 23.2 Å². The Morgan fingerprint density at radius 2 is 2.07 bits per heavy atom. The molecule has 0 aromatic heterocycles. The molecule has 1 aromatic rings. The van der Waals surface area contributed by atoms with Crippen molar-refractivity contribution in [1.29, 1.82) is 0 Å². The van der Waals surface area contributed by atoms with Gasteiger partial charge in [0.05, 0.1) is 23.6 Å². The summed E-state index contributed by atoms with van der Waals surface area (Å²) in [5.41, 5.74) is 1.67. The Kier molecular flexibility index (Phi) is 3.78. The van der Waals surface area contributed by atoms with Gasteiger partial charge < -0.3 is 4.74 Å². The maximum Gasteiger partial charge on any atom is 0.310 e. The number of hydrogen-bond acceptors (Lipinski definition) is 2. The molecule has 2 nitrogen and oxygen atoms in total. The van der Waals surface area contributed by atoms with Crippen LogP contribution in [0, 0.1) is 6.92 Å². The average molecular weight is 233 g/mol. The quantitative estimate of drug-likeness (QED) is 0.734. The Hall–Kier alpha value is -0.730. The Morgan fingerprint density at radius 1 is 1.43 bits per heavy atom. The first-order chi connectivity index (χ1) is 6.54. The monoisotopic (exact) mass is 232 g/mol. The fourth-order valence-electron chi connectivity index (χ4n) is 1.15. The molecule has 0 saturated heterocycles. The molecule has 14 heavy (non-hydrogen) atoms. The molecule has 0 aliphatic heterocycles. The first-order valence-electron chi connectivity index (χ1n) is 4.06. The van der Waals surface area contributed by atoms with Crippen molar-refractivity contribution < 1.29 is 9.53 Å². The van der Waals surface area contributed by atoms with Crippen molar-refractivity contribution in [3.8, 4) is 0 Å². The molecule has 0 heterocycles. The van der Waals surface area contributed by atoms with Crippen LogP contribution in [0.4, 0.5) is 0 Å². The van der Waals surface area contributed by atoms with Crippen LogP contribution in [0.5, 0.6) is 0 Å². The molecule has 0 atom stereocenters. The van der Waals surface area contributed by atoms with E-state index in [1.807, 2.05) is 13.0 Å². The summed E-state index contributed by atoms with van der Waals surface area (Å²) >= 11 is 11.8. The number of benzene rings is 1. The van der Waals surface area contributed by atoms with E-state index in [4.69, 9.17) is 23.2 Å². The van der Waals surface area contributed by atoms with Gasteiger partial charge in [0.1, 0.15) is 0 Å². The zero-order chi connectivity index (χ0) is 10.7. The van der Waals surface area contributed by atoms with Crippen LogP contribution in [0.1, 0.15) is 11.1 Å². The molecule has 0 unspecified atom stereocenters. The van der Waals surface area contributed by atoms with Gasteiger partial charge in [-0.05, 0) is 24.1 Å². The van der Waals surface area contributed by atoms with Crippen LogP contribution in [0.3, 0.4) is 0 Å². The zero-order valence-electron chi connectivity index (χ0n) is 7.93. The summed E-state index contributed by atoms with van der Waals surface area (Å²) in [6, 6.07) is 3.58. The van der Waals surface area contributed by atoms with E-state index in [9.17, 15) is 4.79 Å². The summed E-state index contributed by atoms with van der Waals surface area (Å²) in [6.45, 7) is 1.89. The number of halogens is 2. The lowest BCUT2D eigenvalue weighted by atomic mass is 10.1. The number of hydrogen-bond donors (Lipinski definition) is 0. The van der Waals surface area contributed by atoms with E-state index in [0.29, 0.717) is 15.6 Å². The van der Waals surface area contributed by atoms with Crippen molar-refractivity contribution in [1.82, 2.24) is 0 Å². The third-order valence-electron chi connectivity index (χ3n) is 1.81. The lowest BCUT2D eigenvalue weighted by molar-refractivity contribution is -0.139. The maximum atomic E-state index is 11.0. The van der Waals surface area contributed by atoms with Crippen molar-refractivity contribution in [2.75, 3.05) is 7.11 Å². The second-order valence-corrected chi connectivity index (χ2v) is 3.76. The highest BCUT2D eigenvalue weighted by atomic mass is 35.5. The van der Waals surface area contributed by atoms with Crippen LogP contribution in [0.15, 0.2) is 12.1 Å². The molecule has 0 N–H and O–H groups in total. The lowest BCUT2D eigenvalue weighted by Gasteiger charge is -2.06. The third-order valence-corrected chi connectivity index (χ3v) is 2.65. The Morgan fingerprint density at radius 3 is 2.64 bits per heavy atom. The molecule has 1 rings (SSSR count). The standard InChI is InChI=1S/C10H10Cl2O2/c1-6-3-7(5-9(13)14-2)10(12)8(11)4-6/h3-4H,5H2,1-2H3. The third kappa shape index (κ3) is 2.63. The van der Waals surface area contributed by atoms with Crippen molar-refractivity contribution in [2.45, 2.75) is 13.3 Å².